The molecule has 1 aliphatic rings. The van der Waals surface area contributed by atoms with E-state index in [-0.39, 0.29) is 5.56 Å². The van der Waals surface area contributed by atoms with Crippen LogP contribution in [0.1, 0.15) is 10.4 Å². The van der Waals surface area contributed by atoms with Crippen LogP contribution in [0.4, 0.5) is 21.7 Å². The maximum Gasteiger partial charge on any atom is 0.255 e. The van der Waals surface area contributed by atoms with Crippen LogP contribution in [-0.4, -0.2) is 49.2 Å². The Hall–Kier alpha value is -4.24. The number of aromatic nitrogens is 2. The molecule has 0 aliphatic carbocycles. The van der Waals surface area contributed by atoms with Crippen LogP contribution < -0.4 is 20.3 Å². The molecule has 1 aliphatic heterocycles. The first kappa shape index (κ1) is 22.5. The van der Waals surface area contributed by atoms with Crippen LogP contribution in [0.25, 0.3) is 10.8 Å². The van der Waals surface area contributed by atoms with Crippen molar-refractivity contribution in [1.82, 2.24) is 9.97 Å². The number of carbonyl (C=O) groups is 1. The van der Waals surface area contributed by atoms with Gasteiger partial charge in [-0.1, -0.05) is 24.3 Å². The van der Waals surface area contributed by atoms with Gasteiger partial charge in [-0.2, -0.15) is 4.98 Å². The van der Waals surface area contributed by atoms with Gasteiger partial charge >= 0.3 is 0 Å². The minimum atomic E-state index is -0.460. The van der Waals surface area contributed by atoms with Gasteiger partial charge in [-0.3, -0.25) is 4.79 Å². The number of morpholine rings is 1. The lowest BCUT2D eigenvalue weighted by atomic mass is 10.1. The van der Waals surface area contributed by atoms with Gasteiger partial charge in [0.25, 0.3) is 5.91 Å². The quantitative estimate of drug-likeness (QED) is 0.420. The molecule has 1 fully saturated rings. The van der Waals surface area contributed by atoms with Gasteiger partial charge in [-0.05, 0) is 30.3 Å². The van der Waals surface area contributed by atoms with Gasteiger partial charge in [0.1, 0.15) is 11.6 Å². The van der Waals surface area contributed by atoms with E-state index in [1.54, 1.807) is 37.5 Å². The van der Waals surface area contributed by atoms with Gasteiger partial charge in [-0.15, -0.1) is 0 Å². The number of nitrogens with zero attached hydrogens (tertiary/aromatic N) is 3. The monoisotopic (exact) mass is 473 g/mol. The van der Waals surface area contributed by atoms with Crippen molar-refractivity contribution in [2.45, 2.75) is 0 Å². The molecular formula is C26H24FN5O3. The van der Waals surface area contributed by atoms with Gasteiger partial charge < -0.3 is 25.0 Å². The molecule has 1 saturated heterocycles. The number of ether oxygens (including phenoxy) is 2. The molecule has 3 aromatic carbocycles. The Bertz CT molecular complexity index is 1370. The molecule has 35 heavy (non-hydrogen) atoms. The predicted octanol–water partition coefficient (Wildman–Crippen LogP) is 4.69. The highest BCUT2D eigenvalue weighted by atomic mass is 19.1. The van der Waals surface area contributed by atoms with E-state index >= 15 is 0 Å². The van der Waals surface area contributed by atoms with Crippen LogP contribution >= 0.6 is 0 Å². The fourth-order valence-electron chi connectivity index (χ4n) is 4.01. The smallest absolute Gasteiger partial charge is 0.255 e. The number of benzene rings is 3. The third kappa shape index (κ3) is 4.99. The van der Waals surface area contributed by atoms with E-state index in [1.807, 2.05) is 29.2 Å². The molecule has 1 amide bonds. The van der Waals surface area contributed by atoms with Gasteiger partial charge in [0, 0.05) is 60.1 Å². The molecule has 2 heterocycles. The number of hydrogen-bond donors (Lipinski definition) is 2. The lowest BCUT2D eigenvalue weighted by Gasteiger charge is -2.29. The number of anilines is 3. The van der Waals surface area contributed by atoms with Crippen molar-refractivity contribution in [3.05, 3.63) is 78.2 Å². The highest BCUT2D eigenvalue weighted by Crippen LogP contribution is 2.34. The van der Waals surface area contributed by atoms with E-state index in [2.05, 4.69) is 20.6 Å². The van der Waals surface area contributed by atoms with Crippen LogP contribution in [0, 0.1) is 5.82 Å². The number of rotatable bonds is 6. The summed E-state index contributed by atoms with van der Waals surface area (Å²) in [6.07, 6.45) is 1.61. The Morgan fingerprint density at radius 2 is 1.86 bits per heavy atom. The molecule has 5 rings (SSSR count). The minimum Gasteiger partial charge on any atom is -0.438 e. The first-order valence-corrected chi connectivity index (χ1v) is 11.3. The van der Waals surface area contributed by atoms with Crippen molar-refractivity contribution in [3.63, 3.8) is 0 Å². The van der Waals surface area contributed by atoms with Gasteiger partial charge in [-0.25, -0.2) is 9.37 Å². The first-order chi connectivity index (χ1) is 17.1. The summed E-state index contributed by atoms with van der Waals surface area (Å²) < 4.78 is 25.8. The van der Waals surface area contributed by atoms with Crippen molar-refractivity contribution < 1.29 is 18.7 Å². The molecule has 0 bridgehead atoms. The Morgan fingerprint density at radius 1 is 1.06 bits per heavy atom. The largest absolute Gasteiger partial charge is 0.438 e. The zero-order chi connectivity index (χ0) is 24.2. The van der Waals surface area contributed by atoms with Crippen molar-refractivity contribution in [2.24, 2.45) is 0 Å². The molecule has 0 spiro atoms. The predicted molar refractivity (Wildman–Crippen MR) is 133 cm³/mol. The van der Waals surface area contributed by atoms with Crippen molar-refractivity contribution in [2.75, 3.05) is 48.9 Å². The summed E-state index contributed by atoms with van der Waals surface area (Å²) in [4.78, 5) is 23.5. The van der Waals surface area contributed by atoms with E-state index in [1.165, 1.54) is 12.1 Å². The van der Waals surface area contributed by atoms with Crippen molar-refractivity contribution in [3.8, 4) is 11.6 Å². The molecule has 0 unspecified atom stereocenters. The molecule has 0 atom stereocenters. The number of fused-ring (bicyclic) bond motifs is 1. The van der Waals surface area contributed by atoms with Gasteiger partial charge in [0.05, 0.1) is 13.2 Å². The average molecular weight is 474 g/mol. The Balaban J connectivity index is 1.42. The lowest BCUT2D eigenvalue weighted by Crippen LogP contribution is -2.36. The van der Waals surface area contributed by atoms with E-state index in [4.69, 9.17) is 9.47 Å². The molecule has 4 aromatic rings. The summed E-state index contributed by atoms with van der Waals surface area (Å²) in [5.41, 5.74) is 1.50. The standard InChI is InChI=1S/C26H24FN5O3/c1-28-26-29-9-8-24(31-26)35-23-7-6-22(20-4-2-3-5-21(20)23)30-25(33)17-14-18(27)16-19(15-17)32-10-12-34-13-11-32/h2-9,14-16H,10-13H2,1H3,(H,30,33)(H,28,29,31). The summed E-state index contributed by atoms with van der Waals surface area (Å²) in [6, 6.07) is 17.1. The molecular weight excluding hydrogens is 449 g/mol. The van der Waals surface area contributed by atoms with Gasteiger partial charge in [0.2, 0.25) is 11.8 Å². The molecule has 0 saturated carbocycles. The zero-order valence-electron chi connectivity index (χ0n) is 19.1. The minimum absolute atomic E-state index is 0.247. The van der Waals surface area contributed by atoms with Gasteiger partial charge in [0.15, 0.2) is 0 Å². The highest BCUT2D eigenvalue weighted by Gasteiger charge is 2.17. The van der Waals surface area contributed by atoms with E-state index in [0.29, 0.717) is 55.3 Å². The highest BCUT2D eigenvalue weighted by molar-refractivity contribution is 6.10. The Morgan fingerprint density at radius 3 is 2.66 bits per heavy atom. The van der Waals surface area contributed by atoms with Crippen LogP contribution in [0.15, 0.2) is 66.9 Å². The second-order valence-corrected chi connectivity index (χ2v) is 7.98. The average Bonchev–Trinajstić information content (AvgIpc) is 2.90. The third-order valence-electron chi connectivity index (χ3n) is 5.72. The second kappa shape index (κ2) is 9.94. The van der Waals surface area contributed by atoms with Crippen LogP contribution in [0.3, 0.4) is 0 Å². The number of amides is 1. The van der Waals surface area contributed by atoms with Crippen molar-refractivity contribution >= 4 is 34.0 Å². The number of hydrogen-bond acceptors (Lipinski definition) is 7. The molecule has 0 radical (unpaired) electrons. The van der Waals surface area contributed by atoms with Crippen LogP contribution in [0.5, 0.6) is 11.6 Å². The Kier molecular flexibility index (Phi) is 6.40. The van der Waals surface area contributed by atoms with Crippen LogP contribution in [-0.2, 0) is 4.74 Å². The number of halogens is 1. The lowest BCUT2D eigenvalue weighted by molar-refractivity contribution is 0.102. The maximum atomic E-state index is 14.4. The van der Waals surface area contributed by atoms with E-state index in [9.17, 15) is 9.18 Å². The van der Waals surface area contributed by atoms with Crippen LogP contribution in [0.2, 0.25) is 0 Å². The number of nitrogens with one attached hydrogen (secondary N) is 2. The molecule has 2 N–H and O–H groups in total. The SMILES string of the molecule is CNc1nccc(Oc2ccc(NC(=O)c3cc(F)cc(N4CCOCC4)c3)c3ccccc23)n1. The fraction of sp³-hybridized carbons (Fsp3) is 0.192. The first-order valence-electron chi connectivity index (χ1n) is 11.3. The number of carbonyl (C=O) groups excluding carboxylic acids is 1. The Labute approximate surface area is 201 Å². The molecule has 8 nitrogen and oxygen atoms in total. The normalized spacial score (nSPS) is 13.5. The molecule has 9 heteroatoms. The summed E-state index contributed by atoms with van der Waals surface area (Å²) in [6.45, 7) is 2.45. The van der Waals surface area contributed by atoms with E-state index < -0.39 is 11.7 Å². The fourth-order valence-corrected chi connectivity index (χ4v) is 4.01. The topological polar surface area (TPSA) is 88.6 Å². The summed E-state index contributed by atoms with van der Waals surface area (Å²) in [5, 5.41) is 7.39. The summed E-state index contributed by atoms with van der Waals surface area (Å²) in [7, 11) is 1.73. The van der Waals surface area contributed by atoms with Crippen molar-refractivity contribution in [1.29, 1.82) is 0 Å². The summed E-state index contributed by atoms with van der Waals surface area (Å²) in [5.74, 6) is 0.564. The third-order valence-corrected chi connectivity index (χ3v) is 5.72. The summed E-state index contributed by atoms with van der Waals surface area (Å²) >= 11 is 0. The second-order valence-electron chi connectivity index (χ2n) is 7.98. The van der Waals surface area contributed by atoms with E-state index in [0.717, 1.165) is 10.8 Å². The molecule has 178 valence electrons. The zero-order valence-corrected chi connectivity index (χ0v) is 19.1. The molecule has 1 aromatic heterocycles. The maximum absolute atomic E-state index is 14.4.